The number of hydrogen-bond acceptors (Lipinski definition) is 2. The maximum Gasteiger partial charge on any atom is 1.00 e. The number of carbonyl (C=O) groups is 2. The number of carbonyl (C=O) groups excluding carboxylic acids is 2. The molecular formula is C8H16NNaO2. The van der Waals surface area contributed by atoms with Gasteiger partial charge < -0.3 is 15.3 Å². The predicted molar refractivity (Wildman–Crippen MR) is 45.1 cm³/mol. The van der Waals surface area contributed by atoms with Crippen molar-refractivity contribution in [1.29, 1.82) is 0 Å². The van der Waals surface area contributed by atoms with E-state index in [4.69, 9.17) is 5.73 Å². The molecule has 0 aliphatic heterocycles. The van der Waals surface area contributed by atoms with Crippen molar-refractivity contribution in [3.63, 3.8) is 0 Å². The first kappa shape index (κ1) is 18.0. The summed E-state index contributed by atoms with van der Waals surface area (Å²) >= 11 is 0. The van der Waals surface area contributed by atoms with Gasteiger partial charge >= 0.3 is 29.6 Å². The molecule has 1 N–H and O–H groups in total. The Labute approximate surface area is 96.4 Å². The molecule has 0 saturated heterocycles. The Morgan fingerprint density at radius 2 is 1.50 bits per heavy atom. The second-order valence-corrected chi connectivity index (χ2v) is 2.57. The van der Waals surface area contributed by atoms with Gasteiger partial charge in [0.2, 0.25) is 0 Å². The molecule has 0 aliphatic carbocycles. The van der Waals surface area contributed by atoms with Crippen LogP contribution in [0.5, 0.6) is 0 Å². The van der Waals surface area contributed by atoms with Crippen LogP contribution in [0.3, 0.4) is 0 Å². The van der Waals surface area contributed by atoms with Gasteiger partial charge in [-0.15, -0.1) is 0 Å². The van der Waals surface area contributed by atoms with Crippen LogP contribution >= 0.6 is 0 Å². The molecule has 0 spiro atoms. The van der Waals surface area contributed by atoms with Crippen LogP contribution < -0.4 is 29.6 Å². The van der Waals surface area contributed by atoms with Crippen LogP contribution in [0.2, 0.25) is 0 Å². The van der Waals surface area contributed by atoms with Gasteiger partial charge in [-0.1, -0.05) is 20.8 Å². The number of nitrogens with one attached hydrogen (secondary N) is 1. The largest absolute Gasteiger partial charge is 1.00 e. The zero-order valence-corrected chi connectivity index (χ0v) is 10.6. The van der Waals surface area contributed by atoms with Crippen molar-refractivity contribution in [2.24, 2.45) is 5.92 Å². The summed E-state index contributed by atoms with van der Waals surface area (Å²) in [6.45, 7) is 6.84. The van der Waals surface area contributed by atoms with Crippen LogP contribution in [0, 0.1) is 5.92 Å². The predicted octanol–water partition coefficient (Wildman–Crippen LogP) is -0.789. The molecular weight excluding hydrogens is 165 g/mol. The molecule has 3 nitrogen and oxygen atoms in total. The van der Waals surface area contributed by atoms with E-state index in [9.17, 15) is 9.59 Å². The molecule has 0 heterocycles. The average Bonchev–Trinajstić information content (AvgIpc) is 1.89. The molecule has 0 saturated carbocycles. The number of hydrogen-bond donors (Lipinski definition) is 0. The van der Waals surface area contributed by atoms with Gasteiger partial charge in [0.1, 0.15) is 5.78 Å². The topological polar surface area (TPSA) is 57.9 Å². The summed E-state index contributed by atoms with van der Waals surface area (Å²) in [6, 6.07) is 0. The van der Waals surface area contributed by atoms with E-state index in [2.05, 4.69) is 0 Å². The van der Waals surface area contributed by atoms with E-state index in [1.54, 1.807) is 20.8 Å². The Kier molecular flexibility index (Phi) is 16.7. The van der Waals surface area contributed by atoms with Crippen LogP contribution in [0.1, 0.15) is 34.1 Å². The van der Waals surface area contributed by atoms with E-state index in [1.165, 1.54) is 0 Å². The third kappa shape index (κ3) is 22.5. The van der Waals surface area contributed by atoms with Gasteiger partial charge in [0.15, 0.2) is 0 Å². The maximum absolute atomic E-state index is 9.81. The summed E-state index contributed by atoms with van der Waals surface area (Å²) < 4.78 is 0. The molecule has 1 amide bonds. The van der Waals surface area contributed by atoms with Crippen molar-refractivity contribution in [3.8, 4) is 0 Å². The molecule has 0 rings (SSSR count). The first-order chi connectivity index (χ1) is 4.91. The van der Waals surface area contributed by atoms with Crippen LogP contribution in [0.15, 0.2) is 0 Å². The summed E-state index contributed by atoms with van der Waals surface area (Å²) in [4.78, 5) is 19.6. The molecule has 0 aliphatic rings. The maximum atomic E-state index is 9.81. The van der Waals surface area contributed by atoms with Crippen LogP contribution in [-0.2, 0) is 9.59 Å². The molecule has 0 aromatic carbocycles. The molecule has 0 aromatic rings. The fourth-order valence-corrected chi connectivity index (χ4v) is 0. The summed E-state index contributed by atoms with van der Waals surface area (Å²) in [5.41, 5.74) is 6.39. The molecule has 0 radical (unpaired) electrons. The van der Waals surface area contributed by atoms with Gasteiger partial charge in [0.05, 0.1) is 5.91 Å². The molecule has 66 valence electrons. The monoisotopic (exact) mass is 181 g/mol. The second kappa shape index (κ2) is 11.1. The molecule has 0 atom stereocenters. The van der Waals surface area contributed by atoms with E-state index < -0.39 is 5.91 Å². The first-order valence-corrected chi connectivity index (χ1v) is 3.66. The Morgan fingerprint density at radius 1 is 1.33 bits per heavy atom. The molecule has 0 bridgehead atoms. The number of Topliss-reactive ketones (excluding diaryl/α,β-unsaturated/α-hetero) is 1. The van der Waals surface area contributed by atoms with Crippen LogP contribution in [0.25, 0.3) is 5.73 Å². The molecule has 0 aromatic heterocycles. The zero-order valence-electron chi connectivity index (χ0n) is 8.60. The smallest absolute Gasteiger partial charge is 0.668 e. The van der Waals surface area contributed by atoms with Gasteiger partial charge in [-0.3, -0.25) is 0 Å². The fourth-order valence-electron chi connectivity index (χ4n) is 0. The van der Waals surface area contributed by atoms with Crippen molar-refractivity contribution in [2.75, 3.05) is 0 Å². The minimum Gasteiger partial charge on any atom is -0.668 e. The van der Waals surface area contributed by atoms with E-state index in [0.717, 1.165) is 0 Å². The summed E-state index contributed by atoms with van der Waals surface area (Å²) in [7, 11) is 0. The zero-order chi connectivity index (χ0) is 9.44. The van der Waals surface area contributed by atoms with Crippen molar-refractivity contribution in [2.45, 2.75) is 34.1 Å². The van der Waals surface area contributed by atoms with Crippen LogP contribution in [-0.4, -0.2) is 11.7 Å². The Bertz CT molecular complexity index is 135. The fraction of sp³-hybridized carbons (Fsp3) is 0.750. The number of rotatable bonds is 2. The third-order valence-corrected chi connectivity index (χ3v) is 1.02. The standard InChI is InChI=1S/C4H9NO.C4H8O.Na/c1-3(2)4(5)6;1-3-4(2)5;/h3H,1-2H3,(H2,5,6);3H2,1-2H3;/q;;+1/p-1. The average molecular weight is 181 g/mol. The number of ketones is 1. The Balaban J connectivity index is -0.000000126. The summed E-state index contributed by atoms with van der Waals surface area (Å²) in [5.74, 6) is -0.356. The quantitative estimate of drug-likeness (QED) is 0.524. The van der Waals surface area contributed by atoms with Gasteiger partial charge in [0, 0.05) is 6.42 Å². The minimum atomic E-state index is -0.491. The van der Waals surface area contributed by atoms with E-state index in [0.29, 0.717) is 6.42 Å². The summed E-state index contributed by atoms with van der Waals surface area (Å²) in [6.07, 6.45) is 0.667. The second-order valence-electron chi connectivity index (χ2n) is 2.57. The molecule has 4 heteroatoms. The van der Waals surface area contributed by atoms with Gasteiger partial charge in [-0.25, -0.2) is 0 Å². The molecule has 0 fully saturated rings. The van der Waals surface area contributed by atoms with Crippen molar-refractivity contribution in [1.82, 2.24) is 0 Å². The van der Waals surface area contributed by atoms with Crippen molar-refractivity contribution < 1.29 is 39.1 Å². The minimum absolute atomic E-state index is 0. The van der Waals surface area contributed by atoms with Crippen LogP contribution in [0.4, 0.5) is 0 Å². The first-order valence-electron chi connectivity index (χ1n) is 3.66. The van der Waals surface area contributed by atoms with Gasteiger partial charge in [0.25, 0.3) is 0 Å². The third-order valence-electron chi connectivity index (χ3n) is 1.02. The van der Waals surface area contributed by atoms with E-state index in [1.807, 2.05) is 6.92 Å². The molecule has 12 heavy (non-hydrogen) atoms. The SMILES string of the molecule is CC(C)C([NH-])=O.CCC(C)=O.[Na+]. The van der Waals surface area contributed by atoms with E-state index >= 15 is 0 Å². The molecule has 0 unspecified atom stereocenters. The number of amides is 1. The van der Waals surface area contributed by atoms with Crippen molar-refractivity contribution in [3.05, 3.63) is 5.73 Å². The van der Waals surface area contributed by atoms with Crippen molar-refractivity contribution >= 4 is 11.7 Å². The normalized spacial score (nSPS) is 7.75. The summed E-state index contributed by atoms with van der Waals surface area (Å²) in [5, 5.41) is 0. The Hall–Kier alpha value is 0.140. The van der Waals surface area contributed by atoms with E-state index in [-0.39, 0.29) is 41.3 Å². The Morgan fingerprint density at radius 3 is 1.50 bits per heavy atom. The van der Waals surface area contributed by atoms with Gasteiger partial charge in [-0.2, -0.15) is 0 Å². The van der Waals surface area contributed by atoms with Gasteiger partial charge in [-0.05, 0) is 12.8 Å².